The molecule has 1 aromatic carbocycles. The van der Waals surface area contributed by atoms with Crippen molar-refractivity contribution in [3.05, 3.63) is 58.5 Å². The SMILES string of the molecule is Cn1c(CN2CCOC(c3cccs3)C2)nnc1-c1ccccc1. The summed E-state index contributed by atoms with van der Waals surface area (Å²) in [5, 5.41) is 10.9. The first-order valence-corrected chi connectivity index (χ1v) is 9.00. The van der Waals surface area contributed by atoms with Crippen LogP contribution in [0.5, 0.6) is 0 Å². The molecule has 0 saturated carbocycles. The van der Waals surface area contributed by atoms with E-state index < -0.39 is 0 Å². The largest absolute Gasteiger partial charge is 0.370 e. The molecule has 1 fully saturated rings. The fraction of sp³-hybridized carbons (Fsp3) is 0.333. The molecule has 3 aromatic rings. The van der Waals surface area contributed by atoms with Crippen molar-refractivity contribution in [2.24, 2.45) is 7.05 Å². The molecular formula is C18H20N4OS. The van der Waals surface area contributed by atoms with E-state index in [-0.39, 0.29) is 6.10 Å². The monoisotopic (exact) mass is 340 g/mol. The number of rotatable bonds is 4. The molecule has 6 heteroatoms. The Bertz CT molecular complexity index is 785. The summed E-state index contributed by atoms with van der Waals surface area (Å²) in [6.45, 7) is 3.37. The number of nitrogens with zero attached hydrogens (tertiary/aromatic N) is 4. The van der Waals surface area contributed by atoms with Crippen molar-refractivity contribution in [3.63, 3.8) is 0 Å². The van der Waals surface area contributed by atoms with Gasteiger partial charge in [-0.3, -0.25) is 4.90 Å². The zero-order chi connectivity index (χ0) is 16.4. The van der Waals surface area contributed by atoms with Crippen molar-refractivity contribution in [3.8, 4) is 11.4 Å². The predicted octanol–water partition coefficient (Wildman–Crippen LogP) is 3.12. The summed E-state index contributed by atoms with van der Waals surface area (Å²) in [5.41, 5.74) is 1.09. The molecule has 0 bridgehead atoms. The number of hydrogen-bond donors (Lipinski definition) is 0. The van der Waals surface area contributed by atoms with Crippen LogP contribution in [0.15, 0.2) is 47.8 Å². The minimum absolute atomic E-state index is 0.167. The van der Waals surface area contributed by atoms with Gasteiger partial charge in [0.25, 0.3) is 0 Å². The van der Waals surface area contributed by atoms with Crippen LogP contribution in [0.4, 0.5) is 0 Å². The lowest BCUT2D eigenvalue weighted by molar-refractivity contribution is -0.0321. The maximum absolute atomic E-state index is 5.92. The first kappa shape index (κ1) is 15.5. The van der Waals surface area contributed by atoms with E-state index in [0.29, 0.717) is 0 Å². The van der Waals surface area contributed by atoms with Crippen LogP contribution in [-0.2, 0) is 18.3 Å². The fourth-order valence-corrected chi connectivity index (χ4v) is 3.80. The molecule has 0 spiro atoms. The highest BCUT2D eigenvalue weighted by Crippen LogP contribution is 2.27. The Kier molecular flexibility index (Phi) is 4.42. The third-order valence-electron chi connectivity index (χ3n) is 4.37. The average molecular weight is 340 g/mol. The Morgan fingerprint density at radius 3 is 2.83 bits per heavy atom. The van der Waals surface area contributed by atoms with Crippen molar-refractivity contribution in [2.75, 3.05) is 19.7 Å². The first-order chi connectivity index (χ1) is 11.8. The number of morpholine rings is 1. The topological polar surface area (TPSA) is 43.2 Å². The second-order valence-corrected chi connectivity index (χ2v) is 6.95. The lowest BCUT2D eigenvalue weighted by Crippen LogP contribution is -2.38. The molecule has 0 aliphatic carbocycles. The van der Waals surface area contributed by atoms with E-state index in [0.717, 1.165) is 43.5 Å². The fourth-order valence-electron chi connectivity index (χ4n) is 3.03. The van der Waals surface area contributed by atoms with E-state index >= 15 is 0 Å². The van der Waals surface area contributed by atoms with Crippen molar-refractivity contribution in [1.29, 1.82) is 0 Å². The predicted molar refractivity (Wildman–Crippen MR) is 94.7 cm³/mol. The molecule has 1 aliphatic rings. The number of benzene rings is 1. The normalized spacial score (nSPS) is 18.8. The number of thiophene rings is 1. The zero-order valence-corrected chi connectivity index (χ0v) is 14.4. The van der Waals surface area contributed by atoms with E-state index in [1.807, 2.05) is 25.2 Å². The quantitative estimate of drug-likeness (QED) is 0.732. The second kappa shape index (κ2) is 6.84. The molecule has 1 unspecified atom stereocenters. The van der Waals surface area contributed by atoms with Gasteiger partial charge in [0.05, 0.1) is 13.2 Å². The smallest absolute Gasteiger partial charge is 0.163 e. The van der Waals surface area contributed by atoms with Crippen LogP contribution in [-0.4, -0.2) is 39.4 Å². The third-order valence-corrected chi connectivity index (χ3v) is 5.34. The molecule has 3 heterocycles. The molecule has 4 rings (SSSR count). The van der Waals surface area contributed by atoms with Gasteiger partial charge in [-0.1, -0.05) is 36.4 Å². The van der Waals surface area contributed by atoms with Gasteiger partial charge >= 0.3 is 0 Å². The third kappa shape index (κ3) is 3.13. The van der Waals surface area contributed by atoms with Gasteiger partial charge < -0.3 is 9.30 Å². The zero-order valence-electron chi connectivity index (χ0n) is 13.6. The number of aromatic nitrogens is 3. The van der Waals surface area contributed by atoms with E-state index in [2.05, 4.69) is 49.3 Å². The van der Waals surface area contributed by atoms with E-state index in [9.17, 15) is 0 Å². The van der Waals surface area contributed by atoms with Crippen molar-refractivity contribution >= 4 is 11.3 Å². The lowest BCUT2D eigenvalue weighted by atomic mass is 10.2. The summed E-state index contributed by atoms with van der Waals surface area (Å²) in [6.07, 6.45) is 0.167. The van der Waals surface area contributed by atoms with Gasteiger partial charge in [0.2, 0.25) is 0 Å². The van der Waals surface area contributed by atoms with Gasteiger partial charge in [0, 0.05) is 30.6 Å². The Labute approximate surface area is 145 Å². The molecule has 124 valence electrons. The van der Waals surface area contributed by atoms with Gasteiger partial charge in [0.15, 0.2) is 5.82 Å². The van der Waals surface area contributed by atoms with Gasteiger partial charge in [0.1, 0.15) is 11.9 Å². The highest BCUT2D eigenvalue weighted by molar-refractivity contribution is 7.10. The van der Waals surface area contributed by atoms with E-state index in [1.165, 1.54) is 4.88 Å². The highest BCUT2D eigenvalue weighted by atomic mass is 32.1. The standard InChI is InChI=1S/C18H20N4OS/c1-21-17(19-20-18(21)14-6-3-2-4-7-14)13-22-9-10-23-15(12-22)16-8-5-11-24-16/h2-8,11,15H,9-10,12-13H2,1H3. The Morgan fingerprint density at radius 1 is 1.17 bits per heavy atom. The first-order valence-electron chi connectivity index (χ1n) is 8.12. The average Bonchev–Trinajstić information content (AvgIpc) is 3.27. The van der Waals surface area contributed by atoms with Gasteiger partial charge in [-0.15, -0.1) is 21.5 Å². The Hall–Kier alpha value is -2.02. The van der Waals surface area contributed by atoms with E-state index in [4.69, 9.17) is 4.74 Å². The van der Waals surface area contributed by atoms with Crippen LogP contribution < -0.4 is 0 Å². The number of ether oxygens (including phenoxy) is 1. The van der Waals surface area contributed by atoms with Crippen LogP contribution in [0.1, 0.15) is 16.8 Å². The minimum Gasteiger partial charge on any atom is -0.370 e. The van der Waals surface area contributed by atoms with Crippen molar-refractivity contribution in [2.45, 2.75) is 12.6 Å². The van der Waals surface area contributed by atoms with Crippen LogP contribution in [0.25, 0.3) is 11.4 Å². The minimum atomic E-state index is 0.167. The summed E-state index contributed by atoms with van der Waals surface area (Å²) < 4.78 is 8.01. The maximum atomic E-state index is 5.92. The summed E-state index contributed by atoms with van der Waals surface area (Å²) in [7, 11) is 2.04. The van der Waals surface area contributed by atoms with Crippen molar-refractivity contribution in [1.82, 2.24) is 19.7 Å². The molecule has 2 aromatic heterocycles. The van der Waals surface area contributed by atoms with Gasteiger partial charge in [-0.25, -0.2) is 0 Å². The summed E-state index contributed by atoms with van der Waals surface area (Å²) in [5.74, 6) is 1.90. The molecule has 24 heavy (non-hydrogen) atoms. The van der Waals surface area contributed by atoms with Crippen LogP contribution in [0.3, 0.4) is 0 Å². The lowest BCUT2D eigenvalue weighted by Gasteiger charge is -2.32. The molecule has 1 aliphatic heterocycles. The Balaban J connectivity index is 1.48. The molecule has 5 nitrogen and oxygen atoms in total. The summed E-state index contributed by atoms with van der Waals surface area (Å²) in [4.78, 5) is 3.69. The van der Waals surface area contributed by atoms with Crippen molar-refractivity contribution < 1.29 is 4.74 Å². The second-order valence-electron chi connectivity index (χ2n) is 5.97. The summed E-state index contributed by atoms with van der Waals surface area (Å²) in [6, 6.07) is 14.4. The summed E-state index contributed by atoms with van der Waals surface area (Å²) >= 11 is 1.76. The molecule has 0 N–H and O–H groups in total. The highest BCUT2D eigenvalue weighted by Gasteiger charge is 2.24. The van der Waals surface area contributed by atoms with Gasteiger partial charge in [-0.05, 0) is 11.4 Å². The van der Waals surface area contributed by atoms with Crippen LogP contribution in [0.2, 0.25) is 0 Å². The van der Waals surface area contributed by atoms with Crippen LogP contribution in [0, 0.1) is 0 Å². The molecular weight excluding hydrogens is 320 g/mol. The molecule has 0 radical (unpaired) electrons. The maximum Gasteiger partial charge on any atom is 0.163 e. The molecule has 0 amide bonds. The molecule has 1 saturated heterocycles. The molecule has 1 atom stereocenters. The number of hydrogen-bond acceptors (Lipinski definition) is 5. The Morgan fingerprint density at radius 2 is 2.04 bits per heavy atom. The van der Waals surface area contributed by atoms with Crippen LogP contribution >= 0.6 is 11.3 Å². The van der Waals surface area contributed by atoms with E-state index in [1.54, 1.807) is 11.3 Å². The van der Waals surface area contributed by atoms with Gasteiger partial charge in [-0.2, -0.15) is 0 Å².